The van der Waals surface area contributed by atoms with Gasteiger partial charge in [0.1, 0.15) is 0 Å². The number of aryl methyl sites for hydroxylation is 1. The maximum atomic E-state index is 12.0. The number of nitrogens with one attached hydrogen (secondary N) is 2. The Morgan fingerprint density at radius 1 is 1.35 bits per heavy atom. The summed E-state index contributed by atoms with van der Waals surface area (Å²) in [6.07, 6.45) is 3.96. The van der Waals surface area contributed by atoms with Crippen molar-refractivity contribution < 1.29 is 8.42 Å². The minimum Gasteiger partial charge on any atom is -0.313 e. The van der Waals surface area contributed by atoms with E-state index in [1.54, 1.807) is 0 Å². The van der Waals surface area contributed by atoms with Crippen molar-refractivity contribution in [1.82, 2.24) is 10.0 Å². The zero-order chi connectivity index (χ0) is 14.4. The van der Waals surface area contributed by atoms with Crippen LogP contribution in [0.1, 0.15) is 30.4 Å². The quantitative estimate of drug-likeness (QED) is 0.838. The van der Waals surface area contributed by atoms with E-state index in [9.17, 15) is 8.42 Å². The summed E-state index contributed by atoms with van der Waals surface area (Å²) in [6.45, 7) is 3.45. The van der Waals surface area contributed by atoms with E-state index in [1.807, 2.05) is 25.1 Å². The Kier molecular flexibility index (Phi) is 5.57. The van der Waals surface area contributed by atoms with E-state index in [2.05, 4.69) is 16.1 Å². The molecule has 1 aliphatic heterocycles. The SMILES string of the molecule is Cc1cccc(CCNS(=O)(=O)CC2CCCCN2)c1. The summed E-state index contributed by atoms with van der Waals surface area (Å²) in [5.41, 5.74) is 2.38. The smallest absolute Gasteiger partial charge is 0.213 e. The third-order valence-corrected chi connectivity index (χ3v) is 5.14. The molecule has 1 aromatic rings. The molecule has 0 amide bonds. The third-order valence-electron chi connectivity index (χ3n) is 3.65. The molecule has 1 unspecified atom stereocenters. The highest BCUT2D eigenvalue weighted by Crippen LogP contribution is 2.09. The lowest BCUT2D eigenvalue weighted by atomic mass is 10.1. The lowest BCUT2D eigenvalue weighted by molar-refractivity contribution is 0.422. The molecule has 1 atom stereocenters. The number of sulfonamides is 1. The lowest BCUT2D eigenvalue weighted by Crippen LogP contribution is -2.42. The van der Waals surface area contributed by atoms with Crippen LogP contribution in [-0.4, -0.2) is 33.3 Å². The molecule has 0 saturated carbocycles. The molecule has 5 heteroatoms. The Morgan fingerprint density at radius 2 is 2.20 bits per heavy atom. The van der Waals surface area contributed by atoms with Gasteiger partial charge < -0.3 is 5.32 Å². The molecule has 0 radical (unpaired) electrons. The van der Waals surface area contributed by atoms with Crippen molar-refractivity contribution in [3.63, 3.8) is 0 Å². The van der Waals surface area contributed by atoms with E-state index >= 15 is 0 Å². The Labute approximate surface area is 122 Å². The van der Waals surface area contributed by atoms with Crippen LogP contribution < -0.4 is 10.0 Å². The molecule has 1 aliphatic rings. The average Bonchev–Trinajstić information content (AvgIpc) is 2.39. The average molecular weight is 296 g/mol. The van der Waals surface area contributed by atoms with Gasteiger partial charge in [0.25, 0.3) is 0 Å². The first-order valence-electron chi connectivity index (χ1n) is 7.31. The lowest BCUT2D eigenvalue weighted by Gasteiger charge is -2.23. The summed E-state index contributed by atoms with van der Waals surface area (Å²) < 4.78 is 26.7. The number of hydrogen-bond acceptors (Lipinski definition) is 3. The normalized spacial score (nSPS) is 19.9. The van der Waals surface area contributed by atoms with Crippen molar-refractivity contribution in [1.29, 1.82) is 0 Å². The summed E-state index contributed by atoms with van der Waals surface area (Å²) in [6, 6.07) is 8.29. The zero-order valence-electron chi connectivity index (χ0n) is 12.1. The summed E-state index contributed by atoms with van der Waals surface area (Å²) >= 11 is 0. The van der Waals surface area contributed by atoms with Crippen LogP contribution in [0.5, 0.6) is 0 Å². The van der Waals surface area contributed by atoms with E-state index in [-0.39, 0.29) is 11.8 Å². The van der Waals surface area contributed by atoms with Gasteiger partial charge in [0.15, 0.2) is 0 Å². The number of benzene rings is 1. The van der Waals surface area contributed by atoms with Gasteiger partial charge in [-0.15, -0.1) is 0 Å². The monoisotopic (exact) mass is 296 g/mol. The first-order chi connectivity index (χ1) is 9.55. The number of rotatable bonds is 6. The topological polar surface area (TPSA) is 58.2 Å². The molecular formula is C15H24N2O2S. The molecule has 0 spiro atoms. The molecule has 4 nitrogen and oxygen atoms in total. The van der Waals surface area contributed by atoms with E-state index in [1.165, 1.54) is 11.1 Å². The molecule has 1 heterocycles. The van der Waals surface area contributed by atoms with Crippen LogP contribution in [0.3, 0.4) is 0 Å². The van der Waals surface area contributed by atoms with E-state index in [0.717, 1.165) is 32.2 Å². The largest absolute Gasteiger partial charge is 0.313 e. The minimum atomic E-state index is -3.17. The second kappa shape index (κ2) is 7.20. The van der Waals surface area contributed by atoms with E-state index in [0.29, 0.717) is 6.54 Å². The van der Waals surface area contributed by atoms with Crippen LogP contribution in [0, 0.1) is 6.92 Å². The fourth-order valence-corrected chi connectivity index (χ4v) is 3.95. The predicted octanol–water partition coefficient (Wildman–Crippen LogP) is 1.60. The second-order valence-corrected chi connectivity index (χ2v) is 7.41. The van der Waals surface area contributed by atoms with Gasteiger partial charge in [-0.3, -0.25) is 0 Å². The van der Waals surface area contributed by atoms with E-state index in [4.69, 9.17) is 0 Å². The van der Waals surface area contributed by atoms with Gasteiger partial charge in [-0.1, -0.05) is 36.2 Å². The van der Waals surface area contributed by atoms with Gasteiger partial charge >= 0.3 is 0 Å². The molecule has 1 saturated heterocycles. The Morgan fingerprint density at radius 3 is 2.90 bits per heavy atom. The van der Waals surface area contributed by atoms with Crippen LogP contribution in [0.15, 0.2) is 24.3 Å². The Balaban J connectivity index is 1.77. The van der Waals surface area contributed by atoms with Gasteiger partial charge in [-0.25, -0.2) is 13.1 Å². The van der Waals surface area contributed by atoms with Crippen molar-refractivity contribution in [2.45, 2.75) is 38.6 Å². The summed E-state index contributed by atoms with van der Waals surface area (Å²) in [5.74, 6) is 0.195. The third kappa shape index (κ3) is 5.23. The van der Waals surface area contributed by atoms with Gasteiger partial charge in [0.2, 0.25) is 10.0 Å². The van der Waals surface area contributed by atoms with Crippen LogP contribution in [0.4, 0.5) is 0 Å². The summed E-state index contributed by atoms with van der Waals surface area (Å²) in [7, 11) is -3.17. The highest BCUT2D eigenvalue weighted by Gasteiger charge is 2.20. The van der Waals surface area contributed by atoms with Gasteiger partial charge in [-0.2, -0.15) is 0 Å². The predicted molar refractivity (Wildman–Crippen MR) is 82.3 cm³/mol. The maximum Gasteiger partial charge on any atom is 0.213 e. The van der Waals surface area contributed by atoms with Crippen molar-refractivity contribution in [2.24, 2.45) is 0 Å². The van der Waals surface area contributed by atoms with Crippen molar-refractivity contribution >= 4 is 10.0 Å². The van der Waals surface area contributed by atoms with Gasteiger partial charge in [-0.05, 0) is 38.3 Å². The van der Waals surface area contributed by atoms with Crippen LogP contribution in [0.25, 0.3) is 0 Å². The van der Waals surface area contributed by atoms with Gasteiger partial charge in [0, 0.05) is 12.6 Å². The molecule has 1 aromatic carbocycles. The molecule has 0 bridgehead atoms. The standard InChI is InChI=1S/C15H24N2O2S/c1-13-5-4-6-14(11-13)8-10-17-20(18,19)12-15-7-2-3-9-16-15/h4-6,11,15-17H,2-3,7-10,12H2,1H3. The molecule has 2 N–H and O–H groups in total. The fraction of sp³-hybridized carbons (Fsp3) is 0.600. The first kappa shape index (κ1) is 15.5. The van der Waals surface area contributed by atoms with Crippen LogP contribution in [0.2, 0.25) is 0 Å². The van der Waals surface area contributed by atoms with Crippen molar-refractivity contribution in [3.8, 4) is 0 Å². The van der Waals surface area contributed by atoms with Gasteiger partial charge in [0.05, 0.1) is 5.75 Å². The van der Waals surface area contributed by atoms with Crippen LogP contribution >= 0.6 is 0 Å². The molecular weight excluding hydrogens is 272 g/mol. The highest BCUT2D eigenvalue weighted by atomic mass is 32.2. The van der Waals surface area contributed by atoms with Crippen molar-refractivity contribution in [3.05, 3.63) is 35.4 Å². The number of hydrogen-bond donors (Lipinski definition) is 2. The van der Waals surface area contributed by atoms with Crippen molar-refractivity contribution in [2.75, 3.05) is 18.8 Å². The number of piperidine rings is 1. The Hall–Kier alpha value is -0.910. The summed E-state index contributed by atoms with van der Waals surface area (Å²) in [4.78, 5) is 0. The van der Waals surface area contributed by atoms with E-state index < -0.39 is 10.0 Å². The Bertz CT molecular complexity index is 522. The fourth-order valence-electron chi connectivity index (χ4n) is 2.61. The summed E-state index contributed by atoms with van der Waals surface area (Å²) in [5, 5.41) is 3.27. The molecule has 1 fully saturated rings. The molecule has 2 rings (SSSR count). The maximum absolute atomic E-state index is 12.0. The molecule has 112 valence electrons. The minimum absolute atomic E-state index is 0.111. The molecule has 0 aliphatic carbocycles. The highest BCUT2D eigenvalue weighted by molar-refractivity contribution is 7.89. The zero-order valence-corrected chi connectivity index (χ0v) is 12.9. The van der Waals surface area contributed by atoms with Crippen LogP contribution in [-0.2, 0) is 16.4 Å². The molecule has 0 aromatic heterocycles. The molecule has 20 heavy (non-hydrogen) atoms. The first-order valence-corrected chi connectivity index (χ1v) is 8.97. The second-order valence-electron chi connectivity index (χ2n) is 5.56.